The van der Waals surface area contributed by atoms with E-state index < -0.39 is 0 Å². The minimum atomic E-state index is 0.214. The summed E-state index contributed by atoms with van der Waals surface area (Å²) in [5.74, 6) is 1.44. The molecule has 29 heavy (non-hydrogen) atoms. The Morgan fingerprint density at radius 2 is 1.79 bits per heavy atom. The van der Waals surface area contributed by atoms with E-state index in [2.05, 4.69) is 37.9 Å². The van der Waals surface area contributed by atoms with Gasteiger partial charge in [-0.25, -0.2) is 4.98 Å². The molecule has 2 fully saturated rings. The second-order valence-corrected chi connectivity index (χ2v) is 10.0. The van der Waals surface area contributed by atoms with Gasteiger partial charge in [-0.1, -0.05) is 22.7 Å². The lowest BCUT2D eigenvalue weighted by Gasteiger charge is -2.35. The van der Waals surface area contributed by atoms with Crippen molar-refractivity contribution in [1.82, 2.24) is 19.2 Å². The molecule has 8 heteroatoms. The summed E-state index contributed by atoms with van der Waals surface area (Å²) in [6.07, 6.45) is 7.59. The number of nitrogens with zero attached hydrogens (tertiary/aromatic N) is 5. The van der Waals surface area contributed by atoms with Crippen molar-refractivity contribution in [2.75, 3.05) is 44.2 Å². The van der Waals surface area contributed by atoms with Gasteiger partial charge in [-0.2, -0.15) is 0 Å². The number of fused-ring (bicyclic) bond motifs is 1. The third-order valence-electron chi connectivity index (χ3n) is 6.41. The van der Waals surface area contributed by atoms with Crippen molar-refractivity contribution in [3.8, 4) is 0 Å². The van der Waals surface area contributed by atoms with E-state index in [1.165, 1.54) is 11.1 Å². The number of hydrogen-bond donors (Lipinski definition) is 0. The summed E-state index contributed by atoms with van der Waals surface area (Å²) in [5, 5.41) is 0.911. The molecule has 0 radical (unpaired) electrons. The van der Waals surface area contributed by atoms with Crippen LogP contribution in [-0.2, 0) is 4.79 Å². The van der Waals surface area contributed by atoms with Gasteiger partial charge in [0.15, 0.2) is 0 Å². The van der Waals surface area contributed by atoms with Crippen LogP contribution in [0.3, 0.4) is 0 Å². The molecule has 6 nitrogen and oxygen atoms in total. The van der Waals surface area contributed by atoms with Gasteiger partial charge < -0.3 is 4.90 Å². The highest BCUT2D eigenvalue weighted by Crippen LogP contribution is 2.44. The number of allylic oxidation sites excluding steroid dienone is 2. The van der Waals surface area contributed by atoms with Gasteiger partial charge in [0.25, 0.3) is 0 Å². The molecule has 2 unspecified atom stereocenters. The highest BCUT2D eigenvalue weighted by Gasteiger charge is 2.43. The molecule has 1 aromatic heterocycles. The number of anilines is 1. The van der Waals surface area contributed by atoms with Crippen molar-refractivity contribution in [1.29, 1.82) is 0 Å². The van der Waals surface area contributed by atoms with Crippen LogP contribution in [0.15, 0.2) is 23.5 Å². The maximum atomic E-state index is 12.7. The Morgan fingerprint density at radius 3 is 2.55 bits per heavy atom. The Balaban J connectivity index is 1.16. The minimum Gasteiger partial charge on any atom is -0.353 e. The number of rotatable bonds is 6. The first-order chi connectivity index (χ1) is 14.0. The van der Waals surface area contributed by atoms with Crippen LogP contribution in [0.1, 0.15) is 39.5 Å². The molecule has 0 aromatic carbocycles. The average molecular weight is 436 g/mol. The standard InChI is InChI=1S/C21H30ClN5OS/c1-15-11-17-18(12-16(15)2)29-27(21(17)28)6-4-3-5-25-7-9-26(10-8-25)20-14-23-13-19(22)24-20/h13-14,17-18H,3-12H2,1-2H3. The van der Waals surface area contributed by atoms with Crippen molar-refractivity contribution in [2.24, 2.45) is 5.92 Å². The van der Waals surface area contributed by atoms with Gasteiger partial charge in [-0.05, 0) is 58.0 Å². The van der Waals surface area contributed by atoms with Gasteiger partial charge in [0.2, 0.25) is 5.91 Å². The second-order valence-electron chi connectivity index (χ2n) is 8.40. The molecule has 4 rings (SSSR count). The molecule has 1 aliphatic carbocycles. The van der Waals surface area contributed by atoms with Gasteiger partial charge in [0, 0.05) is 38.0 Å². The molecular weight excluding hydrogens is 406 g/mol. The van der Waals surface area contributed by atoms with Gasteiger partial charge in [-0.3, -0.25) is 19.0 Å². The van der Waals surface area contributed by atoms with Gasteiger partial charge in [0.1, 0.15) is 11.0 Å². The lowest BCUT2D eigenvalue weighted by molar-refractivity contribution is -0.129. The third-order valence-corrected chi connectivity index (χ3v) is 7.98. The number of piperazine rings is 1. The molecule has 3 heterocycles. The molecule has 0 spiro atoms. The normalized spacial score (nSPS) is 25.7. The summed E-state index contributed by atoms with van der Waals surface area (Å²) in [6, 6.07) is 0. The predicted molar refractivity (Wildman–Crippen MR) is 119 cm³/mol. The fourth-order valence-electron chi connectivity index (χ4n) is 4.45. The minimum absolute atomic E-state index is 0.214. The first-order valence-corrected chi connectivity index (χ1v) is 11.8. The largest absolute Gasteiger partial charge is 0.353 e. The molecular formula is C21H30ClN5OS. The van der Waals surface area contributed by atoms with Gasteiger partial charge in [-0.15, -0.1) is 0 Å². The molecule has 2 saturated heterocycles. The zero-order valence-corrected chi connectivity index (χ0v) is 18.9. The molecule has 1 aromatic rings. The van der Waals surface area contributed by atoms with E-state index in [4.69, 9.17) is 11.6 Å². The van der Waals surface area contributed by atoms with Crippen LogP contribution in [-0.4, -0.2) is 69.6 Å². The summed E-state index contributed by atoms with van der Waals surface area (Å²) in [4.78, 5) is 26.0. The third kappa shape index (κ3) is 4.89. The monoisotopic (exact) mass is 435 g/mol. The lowest BCUT2D eigenvalue weighted by Crippen LogP contribution is -2.47. The lowest BCUT2D eigenvalue weighted by atomic mass is 9.84. The second kappa shape index (κ2) is 9.23. The number of hydrogen-bond acceptors (Lipinski definition) is 6. The van der Waals surface area contributed by atoms with E-state index in [9.17, 15) is 4.79 Å². The van der Waals surface area contributed by atoms with E-state index in [0.29, 0.717) is 16.3 Å². The molecule has 1 amide bonds. The highest BCUT2D eigenvalue weighted by atomic mass is 35.5. The van der Waals surface area contributed by atoms with E-state index in [1.807, 2.05) is 0 Å². The molecule has 2 atom stereocenters. The zero-order valence-electron chi connectivity index (χ0n) is 17.3. The number of carbonyl (C=O) groups is 1. The van der Waals surface area contributed by atoms with Crippen molar-refractivity contribution in [3.05, 3.63) is 28.7 Å². The van der Waals surface area contributed by atoms with Crippen molar-refractivity contribution < 1.29 is 4.79 Å². The summed E-state index contributed by atoms with van der Waals surface area (Å²) < 4.78 is 2.05. The number of amides is 1. The molecule has 0 bridgehead atoms. The van der Waals surface area contributed by atoms with Crippen molar-refractivity contribution in [3.63, 3.8) is 0 Å². The fourth-order valence-corrected chi connectivity index (χ4v) is 6.08. The van der Waals surface area contributed by atoms with Gasteiger partial charge in [0.05, 0.1) is 18.3 Å². The molecule has 0 N–H and O–H groups in total. The van der Waals surface area contributed by atoms with Crippen molar-refractivity contribution in [2.45, 2.75) is 44.8 Å². The van der Waals surface area contributed by atoms with Crippen molar-refractivity contribution >= 4 is 35.3 Å². The Hall–Kier alpha value is -1.31. The van der Waals surface area contributed by atoms with Crippen LogP contribution < -0.4 is 4.90 Å². The maximum Gasteiger partial charge on any atom is 0.237 e. The van der Waals surface area contributed by atoms with E-state index >= 15 is 0 Å². The Bertz CT molecular complexity index is 780. The number of aromatic nitrogens is 2. The molecule has 3 aliphatic rings. The van der Waals surface area contributed by atoms with E-state index in [1.54, 1.807) is 24.3 Å². The number of carbonyl (C=O) groups excluding carboxylic acids is 1. The van der Waals surface area contributed by atoms with Crippen LogP contribution in [0.4, 0.5) is 5.82 Å². The topological polar surface area (TPSA) is 52.6 Å². The van der Waals surface area contributed by atoms with E-state index in [0.717, 1.165) is 70.8 Å². The fraction of sp³-hybridized carbons (Fsp3) is 0.667. The Morgan fingerprint density at radius 1 is 1.07 bits per heavy atom. The van der Waals surface area contributed by atoms with Crippen LogP contribution in [0.2, 0.25) is 5.15 Å². The molecule has 0 saturated carbocycles. The summed E-state index contributed by atoms with van der Waals surface area (Å²) >= 11 is 7.75. The SMILES string of the molecule is CC1=C(C)CC2C(=O)N(CCCCN3CCN(c4cncc(Cl)n4)CC3)SC2C1. The van der Waals surface area contributed by atoms with E-state index in [-0.39, 0.29) is 5.92 Å². The van der Waals surface area contributed by atoms with Crippen LogP contribution in [0.25, 0.3) is 0 Å². The molecule has 158 valence electrons. The first-order valence-electron chi connectivity index (χ1n) is 10.6. The summed E-state index contributed by atoms with van der Waals surface area (Å²) in [7, 11) is 0. The number of unbranched alkanes of at least 4 members (excludes halogenated alkanes) is 1. The predicted octanol–water partition coefficient (Wildman–Crippen LogP) is 3.64. The summed E-state index contributed by atoms with van der Waals surface area (Å²) in [6.45, 7) is 10.3. The quantitative estimate of drug-likeness (QED) is 0.386. The zero-order chi connectivity index (χ0) is 20.4. The highest BCUT2D eigenvalue weighted by molar-refractivity contribution is 7.98. The van der Waals surface area contributed by atoms with Crippen LogP contribution in [0, 0.1) is 5.92 Å². The van der Waals surface area contributed by atoms with Crippen LogP contribution >= 0.6 is 23.5 Å². The first kappa shape index (κ1) is 20.9. The Labute approximate surface area is 182 Å². The van der Waals surface area contributed by atoms with Gasteiger partial charge >= 0.3 is 0 Å². The Kier molecular flexibility index (Phi) is 6.66. The smallest absolute Gasteiger partial charge is 0.237 e. The number of halogens is 1. The molecule has 2 aliphatic heterocycles. The maximum absolute atomic E-state index is 12.7. The van der Waals surface area contributed by atoms with Crippen LogP contribution in [0.5, 0.6) is 0 Å². The average Bonchev–Trinajstić information content (AvgIpc) is 3.01. The summed E-state index contributed by atoms with van der Waals surface area (Å²) in [5.41, 5.74) is 2.90.